The first-order chi connectivity index (χ1) is 13.9. The molecule has 2 aromatic heterocycles. The van der Waals surface area contributed by atoms with Gasteiger partial charge in [-0.1, -0.05) is 31.7 Å². The van der Waals surface area contributed by atoms with Crippen LogP contribution in [0.5, 0.6) is 0 Å². The Kier molecular flexibility index (Phi) is 5.34. The molecule has 0 bridgehead atoms. The zero-order valence-corrected chi connectivity index (χ0v) is 17.8. The monoisotopic (exact) mass is 413 g/mol. The Bertz CT molecular complexity index is 937. The van der Waals surface area contributed by atoms with Crippen LogP contribution in [0.15, 0.2) is 23.6 Å². The van der Waals surface area contributed by atoms with E-state index < -0.39 is 11.6 Å². The van der Waals surface area contributed by atoms with Gasteiger partial charge in [0.15, 0.2) is 5.78 Å². The summed E-state index contributed by atoms with van der Waals surface area (Å²) in [6.07, 6.45) is 5.35. The Hall–Kier alpha value is -2.41. The van der Waals surface area contributed by atoms with Crippen molar-refractivity contribution in [2.75, 3.05) is 6.54 Å². The number of urea groups is 1. The maximum absolute atomic E-state index is 13.1. The van der Waals surface area contributed by atoms with Crippen LogP contribution in [0.25, 0.3) is 0 Å². The number of hydrogen-bond donors (Lipinski definition) is 1. The molecular weight excluding hydrogens is 386 g/mol. The minimum Gasteiger partial charge on any atom is -0.343 e. The quantitative estimate of drug-likeness (QED) is 0.594. The van der Waals surface area contributed by atoms with E-state index in [1.165, 1.54) is 4.88 Å². The molecule has 1 aliphatic carbocycles. The second-order valence-electron chi connectivity index (χ2n) is 8.19. The lowest BCUT2D eigenvalue weighted by molar-refractivity contribution is -0.131. The number of nitrogens with one attached hydrogen (secondary N) is 1. The molecule has 1 aliphatic heterocycles. The molecule has 1 saturated carbocycles. The van der Waals surface area contributed by atoms with Gasteiger partial charge in [-0.05, 0) is 44.2 Å². The third-order valence-electron chi connectivity index (χ3n) is 6.27. The summed E-state index contributed by atoms with van der Waals surface area (Å²) >= 11 is 1.68. The molecule has 29 heavy (non-hydrogen) atoms. The molecule has 2 aliphatic rings. The maximum atomic E-state index is 13.1. The van der Waals surface area contributed by atoms with Gasteiger partial charge in [0.25, 0.3) is 5.91 Å². The van der Waals surface area contributed by atoms with Gasteiger partial charge in [-0.2, -0.15) is 0 Å². The van der Waals surface area contributed by atoms with Crippen LogP contribution < -0.4 is 5.32 Å². The van der Waals surface area contributed by atoms with Gasteiger partial charge < -0.3 is 9.88 Å². The first kappa shape index (κ1) is 19.9. The predicted octanol–water partition coefficient (Wildman–Crippen LogP) is 4.04. The van der Waals surface area contributed by atoms with Gasteiger partial charge in [0.1, 0.15) is 5.54 Å². The number of Topliss-reactive ketones (excluding diaryl/α,β-unsaturated/α-hetero) is 1. The van der Waals surface area contributed by atoms with Crippen LogP contribution in [-0.2, 0) is 11.3 Å². The van der Waals surface area contributed by atoms with Crippen LogP contribution in [0.4, 0.5) is 4.79 Å². The number of amides is 3. The third-order valence-corrected chi connectivity index (χ3v) is 7.13. The van der Waals surface area contributed by atoms with Crippen molar-refractivity contribution in [2.24, 2.45) is 0 Å². The fourth-order valence-corrected chi connectivity index (χ4v) is 5.30. The van der Waals surface area contributed by atoms with E-state index in [0.29, 0.717) is 18.4 Å². The standard InChI is InChI=1S/C22H27N3O3S/c1-15-12-18(16(2)24(15)13-17-8-7-11-29-17)19(26)14-25-20(27)22(23-21(25)28)9-5-3-4-6-10-22/h7-8,11-12H,3-6,9-10,13-14H2,1-2H3,(H,23,28). The second-order valence-corrected chi connectivity index (χ2v) is 9.22. The molecule has 0 atom stereocenters. The predicted molar refractivity (Wildman–Crippen MR) is 112 cm³/mol. The summed E-state index contributed by atoms with van der Waals surface area (Å²) in [7, 11) is 0. The molecule has 6 nitrogen and oxygen atoms in total. The number of carbonyl (C=O) groups is 3. The Morgan fingerprint density at radius 2 is 1.90 bits per heavy atom. The molecule has 2 fully saturated rings. The topological polar surface area (TPSA) is 71.4 Å². The molecule has 7 heteroatoms. The van der Waals surface area contributed by atoms with Gasteiger partial charge in [0.2, 0.25) is 0 Å². The van der Waals surface area contributed by atoms with Crippen LogP contribution in [-0.4, -0.2) is 39.3 Å². The van der Waals surface area contributed by atoms with Crippen molar-refractivity contribution in [2.45, 2.75) is 64.5 Å². The van der Waals surface area contributed by atoms with E-state index in [4.69, 9.17) is 0 Å². The molecule has 1 saturated heterocycles. The summed E-state index contributed by atoms with van der Waals surface area (Å²) < 4.78 is 2.11. The minimum absolute atomic E-state index is 0.190. The fraction of sp³-hybridized carbons (Fsp3) is 0.500. The van der Waals surface area contributed by atoms with Gasteiger partial charge >= 0.3 is 6.03 Å². The summed E-state index contributed by atoms with van der Waals surface area (Å²) in [5, 5.41) is 4.95. The highest BCUT2D eigenvalue weighted by Gasteiger charge is 2.51. The lowest BCUT2D eigenvalue weighted by atomic mass is 9.90. The van der Waals surface area contributed by atoms with Crippen LogP contribution in [0, 0.1) is 13.8 Å². The summed E-state index contributed by atoms with van der Waals surface area (Å²) in [6.45, 7) is 4.42. The van der Waals surface area contributed by atoms with E-state index in [2.05, 4.69) is 16.0 Å². The number of aromatic nitrogens is 1. The molecule has 1 N–H and O–H groups in total. The number of ketones is 1. The highest BCUT2D eigenvalue weighted by atomic mass is 32.1. The van der Waals surface area contributed by atoms with Crippen LogP contribution in [0.1, 0.15) is 65.1 Å². The van der Waals surface area contributed by atoms with Crippen molar-refractivity contribution in [3.8, 4) is 0 Å². The number of aryl methyl sites for hydroxylation is 1. The lowest BCUT2D eigenvalue weighted by Crippen LogP contribution is -2.46. The normalized spacial score (nSPS) is 18.9. The fourth-order valence-electron chi connectivity index (χ4n) is 4.60. The van der Waals surface area contributed by atoms with E-state index in [9.17, 15) is 14.4 Å². The van der Waals surface area contributed by atoms with Crippen molar-refractivity contribution in [1.82, 2.24) is 14.8 Å². The van der Waals surface area contributed by atoms with E-state index in [1.807, 2.05) is 31.4 Å². The first-order valence-electron chi connectivity index (χ1n) is 10.3. The van der Waals surface area contributed by atoms with Gasteiger partial charge in [0.05, 0.1) is 13.1 Å². The summed E-state index contributed by atoms with van der Waals surface area (Å²) in [4.78, 5) is 41.0. The highest BCUT2D eigenvalue weighted by molar-refractivity contribution is 7.09. The third kappa shape index (κ3) is 3.64. The van der Waals surface area contributed by atoms with Gasteiger partial charge in [0, 0.05) is 21.8 Å². The SMILES string of the molecule is Cc1cc(C(=O)CN2C(=O)NC3(CCCCCC3)C2=O)c(C)n1Cc1cccs1. The van der Waals surface area contributed by atoms with Crippen LogP contribution >= 0.6 is 11.3 Å². The van der Waals surface area contributed by atoms with Gasteiger partial charge in [-0.15, -0.1) is 11.3 Å². The van der Waals surface area contributed by atoms with Crippen molar-refractivity contribution in [3.63, 3.8) is 0 Å². The van der Waals surface area contributed by atoms with Gasteiger partial charge in [-0.3, -0.25) is 14.5 Å². The number of carbonyl (C=O) groups excluding carboxylic acids is 3. The average molecular weight is 414 g/mol. The smallest absolute Gasteiger partial charge is 0.325 e. The first-order valence-corrected chi connectivity index (χ1v) is 11.2. The van der Waals surface area contributed by atoms with E-state index >= 15 is 0 Å². The van der Waals surface area contributed by atoms with Crippen molar-refractivity contribution < 1.29 is 14.4 Å². The van der Waals surface area contributed by atoms with Crippen LogP contribution in [0.3, 0.4) is 0 Å². The Morgan fingerprint density at radius 1 is 1.17 bits per heavy atom. The Morgan fingerprint density at radius 3 is 2.55 bits per heavy atom. The average Bonchev–Trinajstić information content (AvgIpc) is 3.29. The molecule has 0 unspecified atom stereocenters. The summed E-state index contributed by atoms with van der Waals surface area (Å²) in [5.74, 6) is -0.421. The number of imide groups is 1. The molecule has 2 aromatic rings. The summed E-state index contributed by atoms with van der Waals surface area (Å²) in [6, 6.07) is 5.52. The zero-order valence-electron chi connectivity index (χ0n) is 17.0. The molecule has 0 aromatic carbocycles. The van der Waals surface area contributed by atoms with E-state index in [1.54, 1.807) is 11.3 Å². The maximum Gasteiger partial charge on any atom is 0.325 e. The number of hydrogen-bond acceptors (Lipinski definition) is 4. The molecule has 3 heterocycles. The minimum atomic E-state index is -0.802. The number of nitrogens with zero attached hydrogens (tertiary/aromatic N) is 2. The largest absolute Gasteiger partial charge is 0.343 e. The highest BCUT2D eigenvalue weighted by Crippen LogP contribution is 2.33. The molecular formula is C22H27N3O3S. The Balaban J connectivity index is 1.52. The molecule has 3 amide bonds. The number of rotatable bonds is 5. The van der Waals surface area contributed by atoms with E-state index in [-0.39, 0.29) is 18.2 Å². The number of thiophene rings is 1. The molecule has 4 rings (SSSR count). The molecule has 154 valence electrons. The van der Waals surface area contributed by atoms with Gasteiger partial charge in [-0.25, -0.2) is 4.79 Å². The van der Waals surface area contributed by atoms with Crippen molar-refractivity contribution >= 4 is 29.1 Å². The van der Waals surface area contributed by atoms with E-state index in [0.717, 1.165) is 48.5 Å². The molecule has 0 radical (unpaired) electrons. The zero-order chi connectivity index (χ0) is 20.6. The van der Waals surface area contributed by atoms with Crippen LogP contribution in [0.2, 0.25) is 0 Å². The Labute approximate surface area is 174 Å². The lowest BCUT2D eigenvalue weighted by Gasteiger charge is -2.24. The van der Waals surface area contributed by atoms with Crippen molar-refractivity contribution in [3.05, 3.63) is 45.4 Å². The second kappa shape index (κ2) is 7.78. The van der Waals surface area contributed by atoms with Crippen molar-refractivity contribution in [1.29, 1.82) is 0 Å². The molecule has 1 spiro atoms. The summed E-state index contributed by atoms with van der Waals surface area (Å²) in [5.41, 5.74) is 1.65.